The van der Waals surface area contributed by atoms with Crippen LogP contribution in [-0.2, 0) is 4.79 Å². The monoisotopic (exact) mass is 294 g/mol. The van der Waals surface area contributed by atoms with E-state index in [4.69, 9.17) is 0 Å². The van der Waals surface area contributed by atoms with Gasteiger partial charge in [0.25, 0.3) is 11.6 Å². The number of benzene rings is 1. The third-order valence-corrected chi connectivity index (χ3v) is 3.13. The molecule has 0 saturated heterocycles. The quantitative estimate of drug-likeness (QED) is 0.653. The first kappa shape index (κ1) is 16.6. The van der Waals surface area contributed by atoms with Crippen LogP contribution in [0.5, 0.6) is 0 Å². The van der Waals surface area contributed by atoms with Gasteiger partial charge in [0, 0.05) is 17.2 Å². The fourth-order valence-corrected chi connectivity index (χ4v) is 1.92. The van der Waals surface area contributed by atoms with Crippen molar-refractivity contribution >= 4 is 17.6 Å². The number of hydrogen-bond donors (Lipinski definition) is 2. The van der Waals surface area contributed by atoms with E-state index >= 15 is 0 Å². The summed E-state index contributed by atoms with van der Waals surface area (Å²) in [5, 5.41) is 22.5. The van der Waals surface area contributed by atoms with Crippen molar-refractivity contribution in [1.29, 1.82) is 0 Å². The van der Waals surface area contributed by atoms with Crippen molar-refractivity contribution in [2.75, 3.05) is 0 Å². The summed E-state index contributed by atoms with van der Waals surface area (Å²) in [6, 6.07) is 3.03. The first-order chi connectivity index (χ1) is 9.55. The zero-order valence-electron chi connectivity index (χ0n) is 12.3. The summed E-state index contributed by atoms with van der Waals surface area (Å²) in [6.45, 7) is 6.52. The molecule has 1 rings (SSSR count). The smallest absolute Gasteiger partial charge is 0.326 e. The van der Waals surface area contributed by atoms with Crippen molar-refractivity contribution in [3.05, 3.63) is 39.4 Å². The molecule has 0 aromatic heterocycles. The predicted octanol–water partition coefficient (Wildman–Crippen LogP) is 2.13. The maximum Gasteiger partial charge on any atom is 0.326 e. The molecule has 0 bridgehead atoms. The molecule has 1 unspecified atom stereocenters. The van der Waals surface area contributed by atoms with E-state index in [1.807, 2.05) is 0 Å². The number of nitro groups is 1. The van der Waals surface area contributed by atoms with E-state index in [0.29, 0.717) is 0 Å². The van der Waals surface area contributed by atoms with E-state index in [9.17, 15) is 24.8 Å². The maximum atomic E-state index is 12.2. The van der Waals surface area contributed by atoms with Gasteiger partial charge in [0.2, 0.25) is 0 Å². The number of aliphatic carboxylic acids is 1. The van der Waals surface area contributed by atoms with Crippen LogP contribution in [0.2, 0.25) is 0 Å². The average molecular weight is 294 g/mol. The van der Waals surface area contributed by atoms with Crippen LogP contribution in [-0.4, -0.2) is 27.9 Å². The van der Waals surface area contributed by atoms with Crippen molar-refractivity contribution in [2.45, 2.75) is 33.7 Å². The second-order valence-electron chi connectivity index (χ2n) is 5.82. The third-order valence-electron chi connectivity index (χ3n) is 3.13. The number of carbonyl (C=O) groups excluding carboxylic acids is 1. The molecule has 114 valence electrons. The van der Waals surface area contributed by atoms with Crippen LogP contribution in [0.1, 0.15) is 36.7 Å². The van der Waals surface area contributed by atoms with E-state index in [1.165, 1.54) is 25.1 Å². The van der Waals surface area contributed by atoms with Gasteiger partial charge >= 0.3 is 5.97 Å². The number of nitrogens with zero attached hydrogens (tertiary/aromatic N) is 1. The number of rotatable bonds is 4. The van der Waals surface area contributed by atoms with E-state index in [2.05, 4.69) is 5.32 Å². The summed E-state index contributed by atoms with van der Waals surface area (Å²) in [5.41, 5.74) is -0.557. The lowest BCUT2D eigenvalue weighted by molar-refractivity contribution is -0.385. The van der Waals surface area contributed by atoms with Crippen molar-refractivity contribution in [1.82, 2.24) is 5.32 Å². The minimum Gasteiger partial charge on any atom is -0.480 e. The van der Waals surface area contributed by atoms with Gasteiger partial charge in [-0.25, -0.2) is 4.79 Å². The number of nitro benzene ring substituents is 1. The van der Waals surface area contributed by atoms with E-state index in [1.54, 1.807) is 20.8 Å². The van der Waals surface area contributed by atoms with Crippen LogP contribution in [0, 0.1) is 22.5 Å². The van der Waals surface area contributed by atoms with Crippen LogP contribution in [0.15, 0.2) is 18.2 Å². The Bertz CT molecular complexity index is 590. The minimum absolute atomic E-state index is 0.0969. The normalized spacial score (nSPS) is 12.6. The summed E-state index contributed by atoms with van der Waals surface area (Å²) < 4.78 is 0. The molecule has 0 fully saturated rings. The molecule has 1 aromatic carbocycles. The minimum atomic E-state index is -1.15. The molecule has 0 spiro atoms. The predicted molar refractivity (Wildman–Crippen MR) is 76.2 cm³/mol. The average Bonchev–Trinajstić information content (AvgIpc) is 2.33. The Kier molecular flexibility index (Phi) is 4.67. The summed E-state index contributed by atoms with van der Waals surface area (Å²) in [5.74, 6) is -1.79. The summed E-state index contributed by atoms with van der Waals surface area (Å²) >= 11 is 0. The highest BCUT2D eigenvalue weighted by atomic mass is 16.6. The molecular formula is C14H18N2O5. The van der Waals surface area contributed by atoms with Crippen molar-refractivity contribution in [2.24, 2.45) is 5.41 Å². The Balaban J connectivity index is 3.13. The lowest BCUT2D eigenvalue weighted by Crippen LogP contribution is -2.49. The molecule has 0 radical (unpaired) electrons. The Hall–Kier alpha value is -2.44. The van der Waals surface area contributed by atoms with Crippen LogP contribution < -0.4 is 5.32 Å². The number of carboxylic acid groups (broad SMARTS) is 1. The first-order valence-corrected chi connectivity index (χ1v) is 6.33. The molecule has 0 heterocycles. The molecule has 0 saturated carbocycles. The Labute approximate surface area is 122 Å². The maximum absolute atomic E-state index is 12.2. The topological polar surface area (TPSA) is 110 Å². The summed E-state index contributed by atoms with van der Waals surface area (Å²) in [6.07, 6.45) is 0. The fourth-order valence-electron chi connectivity index (χ4n) is 1.92. The number of amides is 1. The number of carboxylic acids is 1. The second kappa shape index (κ2) is 5.90. The molecule has 7 nitrogen and oxygen atoms in total. The zero-order valence-corrected chi connectivity index (χ0v) is 12.3. The third kappa shape index (κ3) is 3.77. The molecule has 0 aliphatic rings. The summed E-state index contributed by atoms with van der Waals surface area (Å²) in [4.78, 5) is 33.7. The van der Waals surface area contributed by atoms with Crippen molar-refractivity contribution in [3.8, 4) is 0 Å². The largest absolute Gasteiger partial charge is 0.480 e. The SMILES string of the molecule is Cc1c(C(=O)NC(C(=O)O)C(C)(C)C)cccc1[N+](=O)[O-]. The van der Waals surface area contributed by atoms with Crippen LogP contribution in [0.4, 0.5) is 5.69 Å². The van der Waals surface area contributed by atoms with E-state index < -0.39 is 28.3 Å². The van der Waals surface area contributed by atoms with Crippen LogP contribution >= 0.6 is 0 Å². The zero-order chi connectivity index (χ0) is 16.4. The number of nitrogens with one attached hydrogen (secondary N) is 1. The van der Waals surface area contributed by atoms with Gasteiger partial charge in [-0.3, -0.25) is 14.9 Å². The van der Waals surface area contributed by atoms with E-state index in [-0.39, 0.29) is 16.8 Å². The Morgan fingerprint density at radius 2 is 1.90 bits per heavy atom. The summed E-state index contributed by atoms with van der Waals surface area (Å²) in [7, 11) is 0. The number of hydrogen-bond acceptors (Lipinski definition) is 4. The molecule has 0 aliphatic heterocycles. The van der Waals surface area contributed by atoms with Gasteiger partial charge in [-0.1, -0.05) is 26.8 Å². The fraction of sp³-hybridized carbons (Fsp3) is 0.429. The van der Waals surface area contributed by atoms with Gasteiger partial charge in [0.05, 0.1) is 4.92 Å². The van der Waals surface area contributed by atoms with Gasteiger partial charge in [-0.05, 0) is 18.4 Å². The molecule has 1 amide bonds. The van der Waals surface area contributed by atoms with Gasteiger partial charge in [0.15, 0.2) is 0 Å². The molecular weight excluding hydrogens is 276 g/mol. The Morgan fingerprint density at radius 1 is 1.33 bits per heavy atom. The second-order valence-corrected chi connectivity index (χ2v) is 5.82. The van der Waals surface area contributed by atoms with Crippen LogP contribution in [0.3, 0.4) is 0 Å². The molecule has 1 atom stereocenters. The van der Waals surface area contributed by atoms with Crippen molar-refractivity contribution in [3.63, 3.8) is 0 Å². The lowest BCUT2D eigenvalue weighted by Gasteiger charge is -2.27. The lowest BCUT2D eigenvalue weighted by atomic mass is 9.86. The highest BCUT2D eigenvalue weighted by molar-refractivity contribution is 5.98. The van der Waals surface area contributed by atoms with Gasteiger partial charge in [0.1, 0.15) is 6.04 Å². The van der Waals surface area contributed by atoms with E-state index in [0.717, 1.165) is 0 Å². The molecule has 7 heteroatoms. The van der Waals surface area contributed by atoms with Crippen LogP contribution in [0.25, 0.3) is 0 Å². The van der Waals surface area contributed by atoms with Gasteiger partial charge in [-0.2, -0.15) is 0 Å². The van der Waals surface area contributed by atoms with Crippen molar-refractivity contribution < 1.29 is 19.6 Å². The first-order valence-electron chi connectivity index (χ1n) is 6.33. The highest BCUT2D eigenvalue weighted by Gasteiger charge is 2.33. The Morgan fingerprint density at radius 3 is 2.33 bits per heavy atom. The molecule has 21 heavy (non-hydrogen) atoms. The number of carbonyl (C=O) groups is 2. The van der Waals surface area contributed by atoms with Gasteiger partial charge in [-0.15, -0.1) is 0 Å². The highest BCUT2D eigenvalue weighted by Crippen LogP contribution is 2.23. The molecule has 1 aromatic rings. The molecule has 2 N–H and O–H groups in total. The standard InChI is InChI=1S/C14H18N2O5/c1-8-9(6-5-7-10(8)16(20)21)12(17)15-11(13(18)19)14(2,3)4/h5-7,11H,1-4H3,(H,15,17)(H,18,19). The van der Waals surface area contributed by atoms with Gasteiger partial charge < -0.3 is 10.4 Å². The molecule has 0 aliphatic carbocycles.